The Bertz CT molecular complexity index is 656. The second-order valence-electron chi connectivity index (χ2n) is 4.35. The van der Waals surface area contributed by atoms with E-state index in [1.807, 2.05) is 0 Å². The number of methoxy groups -OCH3 is 1. The first kappa shape index (κ1) is 13.9. The molecule has 4 nitrogen and oxygen atoms in total. The number of benzene rings is 2. The molecular formula is C15H15FN2O2. The summed E-state index contributed by atoms with van der Waals surface area (Å²) in [5.41, 5.74) is 7.00. The largest absolute Gasteiger partial charge is 0.494 e. The van der Waals surface area contributed by atoms with Crippen LogP contribution in [-0.4, -0.2) is 13.0 Å². The molecule has 0 spiro atoms. The molecule has 2 rings (SSSR count). The van der Waals surface area contributed by atoms with Crippen molar-refractivity contribution in [1.29, 1.82) is 0 Å². The Morgan fingerprint density at radius 1 is 1.30 bits per heavy atom. The van der Waals surface area contributed by atoms with Gasteiger partial charge >= 0.3 is 0 Å². The Morgan fingerprint density at radius 2 is 2.05 bits per heavy atom. The molecule has 0 heterocycles. The maximum Gasteiger partial charge on any atom is 0.258 e. The summed E-state index contributed by atoms with van der Waals surface area (Å²) < 4.78 is 19.0. The Morgan fingerprint density at radius 3 is 2.75 bits per heavy atom. The third-order valence-corrected chi connectivity index (χ3v) is 2.91. The normalized spacial score (nSPS) is 10.2. The Hall–Kier alpha value is -2.56. The zero-order valence-corrected chi connectivity index (χ0v) is 11.2. The average Bonchev–Trinajstić information content (AvgIpc) is 2.43. The first-order valence-electron chi connectivity index (χ1n) is 6.03. The van der Waals surface area contributed by atoms with Crippen LogP contribution < -0.4 is 15.8 Å². The summed E-state index contributed by atoms with van der Waals surface area (Å²) in [5.74, 6) is -0.639. The molecular weight excluding hydrogens is 259 g/mol. The lowest BCUT2D eigenvalue weighted by Gasteiger charge is -2.11. The lowest BCUT2D eigenvalue weighted by Crippen LogP contribution is -2.15. The highest BCUT2D eigenvalue weighted by Gasteiger charge is 2.15. The van der Waals surface area contributed by atoms with Crippen LogP contribution in [0.3, 0.4) is 0 Å². The number of halogens is 1. The van der Waals surface area contributed by atoms with E-state index in [0.717, 1.165) is 0 Å². The van der Waals surface area contributed by atoms with Crippen LogP contribution in [0.25, 0.3) is 0 Å². The minimum absolute atomic E-state index is 0.0103. The Kier molecular flexibility index (Phi) is 3.89. The SMILES string of the molecule is COc1cc(N)ccc1NC(=O)c1cccc(C)c1F. The maximum absolute atomic E-state index is 13.9. The number of carbonyl (C=O) groups excluding carboxylic acids is 1. The fourth-order valence-electron chi connectivity index (χ4n) is 1.82. The van der Waals surface area contributed by atoms with E-state index < -0.39 is 11.7 Å². The van der Waals surface area contributed by atoms with Crippen LogP contribution in [-0.2, 0) is 0 Å². The number of nitrogens with one attached hydrogen (secondary N) is 1. The number of rotatable bonds is 3. The molecule has 0 aliphatic heterocycles. The molecule has 0 saturated carbocycles. The van der Waals surface area contributed by atoms with Gasteiger partial charge in [0, 0.05) is 11.8 Å². The Labute approximate surface area is 116 Å². The zero-order valence-electron chi connectivity index (χ0n) is 11.2. The molecule has 0 fully saturated rings. The first-order valence-corrected chi connectivity index (χ1v) is 6.03. The molecule has 0 aromatic heterocycles. The third-order valence-electron chi connectivity index (χ3n) is 2.91. The molecule has 0 aliphatic carbocycles. The van der Waals surface area contributed by atoms with Gasteiger partial charge in [0.1, 0.15) is 11.6 Å². The van der Waals surface area contributed by atoms with Crippen molar-refractivity contribution < 1.29 is 13.9 Å². The van der Waals surface area contributed by atoms with Crippen molar-refractivity contribution in [2.75, 3.05) is 18.2 Å². The van der Waals surface area contributed by atoms with Crippen molar-refractivity contribution >= 4 is 17.3 Å². The van der Waals surface area contributed by atoms with E-state index in [9.17, 15) is 9.18 Å². The quantitative estimate of drug-likeness (QED) is 0.846. The molecule has 0 atom stereocenters. The summed E-state index contributed by atoms with van der Waals surface area (Å²) in [6, 6.07) is 9.50. The smallest absolute Gasteiger partial charge is 0.258 e. The average molecular weight is 274 g/mol. The minimum atomic E-state index is -0.533. The lowest BCUT2D eigenvalue weighted by molar-refractivity contribution is 0.102. The van der Waals surface area contributed by atoms with E-state index in [4.69, 9.17) is 10.5 Å². The third kappa shape index (κ3) is 2.71. The summed E-state index contributed by atoms with van der Waals surface area (Å²) in [6.07, 6.45) is 0. The highest BCUT2D eigenvalue weighted by molar-refractivity contribution is 6.05. The van der Waals surface area contributed by atoms with Gasteiger partial charge in [-0.2, -0.15) is 0 Å². The minimum Gasteiger partial charge on any atom is -0.494 e. The monoisotopic (exact) mass is 274 g/mol. The number of nitrogen functional groups attached to an aromatic ring is 1. The van der Waals surface area contributed by atoms with Crippen molar-refractivity contribution in [1.82, 2.24) is 0 Å². The highest BCUT2D eigenvalue weighted by Crippen LogP contribution is 2.27. The molecule has 2 aromatic carbocycles. The van der Waals surface area contributed by atoms with Gasteiger partial charge in [-0.3, -0.25) is 4.79 Å². The van der Waals surface area contributed by atoms with Crippen molar-refractivity contribution in [2.24, 2.45) is 0 Å². The predicted octanol–water partition coefficient (Wildman–Crippen LogP) is 2.98. The summed E-state index contributed by atoms with van der Waals surface area (Å²) in [6.45, 7) is 1.61. The van der Waals surface area contributed by atoms with Gasteiger partial charge in [0.25, 0.3) is 5.91 Å². The molecule has 20 heavy (non-hydrogen) atoms. The van der Waals surface area contributed by atoms with Crippen LogP contribution in [0, 0.1) is 12.7 Å². The first-order chi connectivity index (χ1) is 9.52. The van der Waals surface area contributed by atoms with Crippen molar-refractivity contribution in [3.63, 3.8) is 0 Å². The molecule has 1 amide bonds. The standard InChI is InChI=1S/C15H15FN2O2/c1-9-4-3-5-11(14(9)16)15(19)18-12-7-6-10(17)8-13(12)20-2/h3-8H,17H2,1-2H3,(H,18,19). The van der Waals surface area contributed by atoms with Crippen LogP contribution in [0.4, 0.5) is 15.8 Å². The van der Waals surface area contributed by atoms with Crippen LogP contribution >= 0.6 is 0 Å². The van der Waals surface area contributed by atoms with E-state index in [2.05, 4.69) is 5.32 Å². The predicted molar refractivity (Wildman–Crippen MR) is 76.5 cm³/mol. The molecule has 3 N–H and O–H groups in total. The summed E-state index contributed by atoms with van der Waals surface area (Å²) in [7, 11) is 1.47. The zero-order chi connectivity index (χ0) is 14.7. The molecule has 0 unspecified atom stereocenters. The number of aryl methyl sites for hydroxylation is 1. The fraction of sp³-hybridized carbons (Fsp3) is 0.133. The van der Waals surface area contributed by atoms with E-state index in [0.29, 0.717) is 22.7 Å². The number of hydrogen-bond donors (Lipinski definition) is 2. The fourth-order valence-corrected chi connectivity index (χ4v) is 1.82. The molecule has 5 heteroatoms. The second-order valence-corrected chi connectivity index (χ2v) is 4.35. The number of hydrogen-bond acceptors (Lipinski definition) is 3. The highest BCUT2D eigenvalue weighted by atomic mass is 19.1. The van der Waals surface area contributed by atoms with Gasteiger partial charge in [-0.1, -0.05) is 12.1 Å². The molecule has 0 saturated heterocycles. The molecule has 0 aliphatic rings. The van der Waals surface area contributed by atoms with Gasteiger partial charge in [0.05, 0.1) is 18.4 Å². The van der Waals surface area contributed by atoms with Gasteiger partial charge in [0.2, 0.25) is 0 Å². The Balaban J connectivity index is 2.30. The van der Waals surface area contributed by atoms with Crippen LogP contribution in [0.5, 0.6) is 5.75 Å². The van der Waals surface area contributed by atoms with Crippen LogP contribution in [0.2, 0.25) is 0 Å². The van der Waals surface area contributed by atoms with Gasteiger partial charge < -0.3 is 15.8 Å². The molecule has 2 aromatic rings. The maximum atomic E-state index is 13.9. The number of carbonyl (C=O) groups is 1. The number of nitrogens with two attached hydrogens (primary N) is 1. The lowest BCUT2D eigenvalue weighted by atomic mass is 10.1. The number of ether oxygens (including phenoxy) is 1. The van der Waals surface area contributed by atoms with Gasteiger partial charge in [-0.15, -0.1) is 0 Å². The van der Waals surface area contributed by atoms with Crippen molar-refractivity contribution in [3.8, 4) is 5.75 Å². The van der Waals surface area contributed by atoms with Crippen LogP contribution in [0.1, 0.15) is 15.9 Å². The number of amides is 1. The molecule has 104 valence electrons. The van der Waals surface area contributed by atoms with E-state index >= 15 is 0 Å². The topological polar surface area (TPSA) is 64.3 Å². The summed E-state index contributed by atoms with van der Waals surface area (Å²) >= 11 is 0. The van der Waals surface area contributed by atoms with Crippen molar-refractivity contribution in [2.45, 2.75) is 6.92 Å². The van der Waals surface area contributed by atoms with Crippen LogP contribution in [0.15, 0.2) is 36.4 Å². The molecule has 0 radical (unpaired) electrons. The summed E-state index contributed by atoms with van der Waals surface area (Å²) in [4.78, 5) is 12.1. The summed E-state index contributed by atoms with van der Waals surface area (Å²) in [5, 5.41) is 2.61. The van der Waals surface area contributed by atoms with Gasteiger partial charge in [-0.05, 0) is 30.7 Å². The second kappa shape index (κ2) is 5.61. The van der Waals surface area contributed by atoms with Gasteiger partial charge in [-0.25, -0.2) is 4.39 Å². The van der Waals surface area contributed by atoms with Crippen molar-refractivity contribution in [3.05, 3.63) is 53.3 Å². The van der Waals surface area contributed by atoms with E-state index in [1.165, 1.54) is 13.2 Å². The van der Waals surface area contributed by atoms with Gasteiger partial charge in [0.15, 0.2) is 0 Å². The van der Waals surface area contributed by atoms with E-state index in [-0.39, 0.29) is 5.56 Å². The molecule has 0 bridgehead atoms. The van der Waals surface area contributed by atoms with E-state index in [1.54, 1.807) is 37.3 Å². The number of anilines is 2.